The van der Waals surface area contributed by atoms with Crippen LogP contribution in [0, 0.1) is 0 Å². The maximum atomic E-state index is 8.95. The Morgan fingerprint density at radius 3 is 2.65 bits per heavy atom. The van der Waals surface area contributed by atoms with Crippen LogP contribution in [-0.4, -0.2) is 36.4 Å². The first-order chi connectivity index (χ1) is 9.78. The van der Waals surface area contributed by atoms with Gasteiger partial charge in [-0.3, -0.25) is 4.79 Å². The number of thioether (sulfide) groups is 1. The van der Waals surface area contributed by atoms with Crippen molar-refractivity contribution in [3.8, 4) is 5.88 Å². The van der Waals surface area contributed by atoms with Crippen molar-refractivity contribution in [3.63, 3.8) is 0 Å². The lowest BCUT2D eigenvalue weighted by Crippen LogP contribution is -1.92. The Balaban J connectivity index is 0.000000444. The van der Waals surface area contributed by atoms with Crippen molar-refractivity contribution in [1.29, 1.82) is 0 Å². The number of hydrogen-bond acceptors (Lipinski definition) is 6. The lowest BCUT2D eigenvalue weighted by atomic mass is 10.2. The lowest BCUT2D eigenvalue weighted by Gasteiger charge is -2.06. The van der Waals surface area contributed by atoms with Crippen molar-refractivity contribution < 1.29 is 14.3 Å². The molecule has 6 heteroatoms. The summed E-state index contributed by atoms with van der Waals surface area (Å²) in [6.07, 6.45) is 2.71. The Bertz CT molecular complexity index is 549. The van der Waals surface area contributed by atoms with Crippen molar-refractivity contribution in [3.05, 3.63) is 24.5 Å². The van der Waals surface area contributed by atoms with Gasteiger partial charge in [-0.2, -0.15) is 0 Å². The van der Waals surface area contributed by atoms with Gasteiger partial charge in [-0.15, -0.1) is 11.8 Å². The number of para-hydroxylation sites is 1. The van der Waals surface area contributed by atoms with Crippen molar-refractivity contribution in [2.24, 2.45) is 0 Å². The van der Waals surface area contributed by atoms with Gasteiger partial charge >= 0.3 is 0 Å². The Morgan fingerprint density at radius 2 is 2.05 bits per heavy atom. The van der Waals surface area contributed by atoms with Gasteiger partial charge in [0.15, 0.2) is 0 Å². The van der Waals surface area contributed by atoms with Crippen molar-refractivity contribution in [1.82, 2.24) is 9.97 Å². The van der Waals surface area contributed by atoms with Crippen LogP contribution in [0.2, 0.25) is 0 Å². The zero-order valence-electron chi connectivity index (χ0n) is 11.8. The fraction of sp³-hybridized carbons (Fsp3) is 0.357. The van der Waals surface area contributed by atoms with E-state index < -0.39 is 0 Å². The average Bonchev–Trinajstić information content (AvgIpc) is 2.52. The smallest absolute Gasteiger partial charge is 0.292 e. The van der Waals surface area contributed by atoms with Crippen LogP contribution in [0.4, 0.5) is 0 Å². The van der Waals surface area contributed by atoms with Crippen LogP contribution in [0.5, 0.6) is 5.88 Å². The molecule has 0 bridgehead atoms. The van der Waals surface area contributed by atoms with Gasteiger partial charge in [0.1, 0.15) is 6.33 Å². The van der Waals surface area contributed by atoms with E-state index in [-0.39, 0.29) is 0 Å². The summed E-state index contributed by atoms with van der Waals surface area (Å²) in [5, 5.41) is 0.978. The molecule has 0 saturated heterocycles. The second-order valence-electron chi connectivity index (χ2n) is 3.72. The standard InChI is InChI=1S/C12H14N2OS.C2H4O2/c1-3-7-16-10-6-4-5-9-11(10)13-8-14-12(9)15-2;1-4-2-3/h4-6,8H,3,7H2,1-2H3;2H,1H3. The predicted molar refractivity (Wildman–Crippen MR) is 80.2 cm³/mol. The number of benzene rings is 1. The molecule has 1 heterocycles. The summed E-state index contributed by atoms with van der Waals surface area (Å²) in [7, 11) is 2.95. The molecule has 0 N–H and O–H groups in total. The van der Waals surface area contributed by atoms with E-state index >= 15 is 0 Å². The molecule has 0 unspecified atom stereocenters. The van der Waals surface area contributed by atoms with Crippen molar-refractivity contribution in [2.45, 2.75) is 18.2 Å². The van der Waals surface area contributed by atoms with Gasteiger partial charge < -0.3 is 9.47 Å². The molecular weight excluding hydrogens is 276 g/mol. The van der Waals surface area contributed by atoms with Gasteiger partial charge in [-0.1, -0.05) is 13.0 Å². The topological polar surface area (TPSA) is 61.3 Å². The van der Waals surface area contributed by atoms with Gasteiger partial charge in [-0.25, -0.2) is 9.97 Å². The summed E-state index contributed by atoms with van der Waals surface area (Å²) in [6, 6.07) is 6.10. The first kappa shape index (κ1) is 16.2. The Labute approximate surface area is 122 Å². The molecule has 20 heavy (non-hydrogen) atoms. The summed E-state index contributed by atoms with van der Waals surface area (Å²) >= 11 is 1.82. The minimum Gasteiger partial charge on any atom is -0.480 e. The Kier molecular flexibility index (Phi) is 7.42. The molecule has 0 fully saturated rings. The van der Waals surface area contributed by atoms with E-state index in [9.17, 15) is 0 Å². The van der Waals surface area contributed by atoms with Crippen LogP contribution in [0.3, 0.4) is 0 Å². The Morgan fingerprint density at radius 1 is 1.30 bits per heavy atom. The fourth-order valence-corrected chi connectivity index (χ4v) is 2.43. The summed E-state index contributed by atoms with van der Waals surface area (Å²) < 4.78 is 9.09. The summed E-state index contributed by atoms with van der Waals surface area (Å²) in [4.78, 5) is 18.6. The molecule has 0 radical (unpaired) electrons. The lowest BCUT2D eigenvalue weighted by molar-refractivity contribution is -0.126. The molecule has 1 aromatic heterocycles. The third kappa shape index (κ3) is 4.38. The highest BCUT2D eigenvalue weighted by atomic mass is 32.2. The van der Waals surface area contributed by atoms with Crippen LogP contribution in [-0.2, 0) is 9.53 Å². The molecule has 0 amide bonds. The maximum absolute atomic E-state index is 8.95. The van der Waals surface area contributed by atoms with Crippen LogP contribution >= 0.6 is 11.8 Å². The third-order valence-corrected chi connectivity index (χ3v) is 3.60. The number of fused-ring (bicyclic) bond motifs is 1. The van der Waals surface area contributed by atoms with Crippen LogP contribution < -0.4 is 4.74 Å². The quantitative estimate of drug-likeness (QED) is 0.624. The van der Waals surface area contributed by atoms with E-state index in [1.54, 1.807) is 13.4 Å². The highest BCUT2D eigenvalue weighted by Gasteiger charge is 2.07. The number of nitrogens with zero attached hydrogens (tertiary/aromatic N) is 2. The fourth-order valence-electron chi connectivity index (χ4n) is 1.53. The molecule has 0 saturated carbocycles. The number of carbonyl (C=O) groups excluding carboxylic acids is 1. The van der Waals surface area contributed by atoms with Gasteiger partial charge in [-0.05, 0) is 24.3 Å². The molecule has 5 nitrogen and oxygen atoms in total. The SMILES string of the molecule is CCCSc1cccc2c(OC)ncnc12.COC=O. The largest absolute Gasteiger partial charge is 0.480 e. The number of hydrogen-bond donors (Lipinski definition) is 0. The molecule has 0 atom stereocenters. The zero-order valence-corrected chi connectivity index (χ0v) is 12.6. The second-order valence-corrected chi connectivity index (χ2v) is 4.85. The molecule has 2 aromatic rings. The van der Waals surface area contributed by atoms with Crippen LogP contribution in [0.15, 0.2) is 29.4 Å². The molecule has 0 aliphatic rings. The first-order valence-corrected chi connectivity index (χ1v) is 7.14. The number of methoxy groups -OCH3 is 2. The van der Waals surface area contributed by atoms with E-state index in [0.717, 1.165) is 23.1 Å². The van der Waals surface area contributed by atoms with Gasteiger partial charge in [0, 0.05) is 4.90 Å². The molecular formula is C14H18N2O3S. The molecule has 0 aliphatic heterocycles. The van der Waals surface area contributed by atoms with Crippen molar-refractivity contribution in [2.75, 3.05) is 20.0 Å². The highest BCUT2D eigenvalue weighted by Crippen LogP contribution is 2.30. The first-order valence-electron chi connectivity index (χ1n) is 6.15. The number of aromatic nitrogens is 2. The summed E-state index contributed by atoms with van der Waals surface area (Å²) in [6.45, 7) is 2.55. The molecule has 108 valence electrons. The highest BCUT2D eigenvalue weighted by molar-refractivity contribution is 7.99. The second kappa shape index (κ2) is 9.14. The monoisotopic (exact) mass is 294 g/mol. The average molecular weight is 294 g/mol. The normalized spacial score (nSPS) is 9.55. The minimum absolute atomic E-state index is 0.375. The van der Waals surface area contributed by atoms with Crippen molar-refractivity contribution >= 4 is 29.1 Å². The number of rotatable bonds is 5. The van der Waals surface area contributed by atoms with E-state index in [1.165, 1.54) is 12.0 Å². The van der Waals surface area contributed by atoms with E-state index in [2.05, 4.69) is 27.7 Å². The van der Waals surface area contributed by atoms with Gasteiger partial charge in [0.05, 0.1) is 25.1 Å². The number of carbonyl (C=O) groups is 1. The predicted octanol–water partition coefficient (Wildman–Crippen LogP) is 2.93. The molecule has 1 aromatic carbocycles. The minimum atomic E-state index is 0.375. The molecule has 2 rings (SSSR count). The van der Waals surface area contributed by atoms with Crippen LogP contribution in [0.25, 0.3) is 10.9 Å². The van der Waals surface area contributed by atoms with E-state index in [1.807, 2.05) is 23.9 Å². The van der Waals surface area contributed by atoms with E-state index in [0.29, 0.717) is 12.4 Å². The van der Waals surface area contributed by atoms with Gasteiger partial charge in [0.2, 0.25) is 5.88 Å². The maximum Gasteiger partial charge on any atom is 0.292 e. The summed E-state index contributed by atoms with van der Waals surface area (Å²) in [5.41, 5.74) is 0.979. The zero-order chi connectivity index (χ0) is 14.8. The third-order valence-electron chi connectivity index (χ3n) is 2.34. The molecule has 0 spiro atoms. The van der Waals surface area contributed by atoms with Gasteiger partial charge in [0.25, 0.3) is 6.47 Å². The van der Waals surface area contributed by atoms with Crippen LogP contribution in [0.1, 0.15) is 13.3 Å². The Hall–Kier alpha value is -1.82. The molecule has 0 aliphatic carbocycles. The summed E-state index contributed by atoms with van der Waals surface area (Å²) in [5.74, 6) is 1.75. The van der Waals surface area contributed by atoms with E-state index in [4.69, 9.17) is 9.53 Å². The number of ether oxygens (including phenoxy) is 2.